The smallest absolute Gasteiger partial charge is 0.236 e. The van der Waals surface area contributed by atoms with Crippen LogP contribution in [-0.4, -0.2) is 14.5 Å². The Kier molecular flexibility index (Phi) is 5.65. The highest BCUT2D eigenvalue weighted by Crippen LogP contribution is 2.46. The van der Waals surface area contributed by atoms with Crippen LogP contribution in [0, 0.1) is 0 Å². The van der Waals surface area contributed by atoms with Gasteiger partial charge >= 0.3 is 0 Å². The molecule has 0 amide bonds. The number of rotatable bonds is 2. The Bertz CT molecular complexity index is 3440. The molecule has 0 saturated heterocycles. The Hall–Kier alpha value is -6.62. The maximum atomic E-state index is 5.57. The van der Waals surface area contributed by atoms with Crippen molar-refractivity contribution < 1.29 is 0 Å². The van der Waals surface area contributed by atoms with Crippen molar-refractivity contribution in [2.24, 2.45) is 0 Å². The lowest BCUT2D eigenvalue weighted by Gasteiger charge is -2.13. The average Bonchev–Trinajstić information content (AvgIpc) is 3.76. The molecule has 0 bridgehead atoms. The summed E-state index contributed by atoms with van der Waals surface area (Å²) in [5.74, 6) is 0.682. The van der Waals surface area contributed by atoms with E-state index in [0.29, 0.717) is 5.95 Å². The van der Waals surface area contributed by atoms with Crippen LogP contribution in [0.3, 0.4) is 0 Å². The van der Waals surface area contributed by atoms with Crippen LogP contribution in [0.25, 0.3) is 113 Å². The highest BCUT2D eigenvalue weighted by molar-refractivity contribution is 7.25. The van der Waals surface area contributed by atoms with Crippen molar-refractivity contribution in [3.05, 3.63) is 164 Å². The Labute approximate surface area is 301 Å². The lowest BCUT2D eigenvalue weighted by atomic mass is 9.91. The van der Waals surface area contributed by atoms with Gasteiger partial charge in [-0.1, -0.05) is 140 Å². The van der Waals surface area contributed by atoms with E-state index in [4.69, 9.17) is 9.97 Å². The minimum absolute atomic E-state index is 0.682. The molecule has 0 saturated carbocycles. The molecule has 0 aliphatic rings. The van der Waals surface area contributed by atoms with E-state index in [1.54, 1.807) is 11.3 Å². The molecule has 52 heavy (non-hydrogen) atoms. The van der Waals surface area contributed by atoms with E-state index in [9.17, 15) is 0 Å². The Morgan fingerprint density at radius 3 is 1.77 bits per heavy atom. The number of fused-ring (bicyclic) bond motifs is 16. The fourth-order valence-corrected chi connectivity index (χ4v) is 9.81. The third kappa shape index (κ3) is 3.79. The average molecular weight is 678 g/mol. The second-order valence-corrected chi connectivity index (χ2v) is 14.7. The van der Waals surface area contributed by atoms with Crippen molar-refractivity contribution in [3.63, 3.8) is 0 Å². The highest BCUT2D eigenvalue weighted by Gasteiger charge is 2.23. The van der Waals surface area contributed by atoms with Crippen LogP contribution in [0.2, 0.25) is 0 Å². The summed E-state index contributed by atoms with van der Waals surface area (Å²) in [6.45, 7) is 0. The van der Waals surface area contributed by atoms with Gasteiger partial charge in [0.2, 0.25) is 5.95 Å². The van der Waals surface area contributed by atoms with Crippen LogP contribution in [-0.2, 0) is 0 Å². The van der Waals surface area contributed by atoms with Gasteiger partial charge in [0.15, 0.2) is 0 Å². The van der Waals surface area contributed by atoms with E-state index in [1.165, 1.54) is 74.7 Å². The van der Waals surface area contributed by atoms with Crippen molar-refractivity contribution >= 4 is 107 Å². The molecule has 0 spiro atoms. The molecule has 3 aromatic heterocycles. The first-order chi connectivity index (χ1) is 25.8. The van der Waals surface area contributed by atoms with Gasteiger partial charge in [-0.25, -0.2) is 9.97 Å². The van der Waals surface area contributed by atoms with Crippen molar-refractivity contribution in [2.45, 2.75) is 0 Å². The second kappa shape index (κ2) is 10.5. The molecule has 9 aromatic carbocycles. The van der Waals surface area contributed by atoms with Gasteiger partial charge < -0.3 is 0 Å². The molecule has 240 valence electrons. The summed E-state index contributed by atoms with van der Waals surface area (Å²) in [6.07, 6.45) is 0. The van der Waals surface area contributed by atoms with E-state index < -0.39 is 0 Å². The molecule has 3 nitrogen and oxygen atoms in total. The second-order valence-electron chi connectivity index (χ2n) is 13.7. The largest absolute Gasteiger partial charge is 0.278 e. The number of nitrogens with zero attached hydrogens (tertiary/aromatic N) is 3. The van der Waals surface area contributed by atoms with Crippen molar-refractivity contribution in [3.8, 4) is 17.2 Å². The first kappa shape index (κ1) is 28.1. The molecule has 0 aliphatic heterocycles. The maximum absolute atomic E-state index is 5.57. The Morgan fingerprint density at radius 2 is 0.962 bits per heavy atom. The third-order valence-electron chi connectivity index (χ3n) is 11.0. The molecular formula is C48H27N3S. The zero-order valence-electron chi connectivity index (χ0n) is 27.8. The molecule has 0 radical (unpaired) electrons. The molecule has 12 aromatic rings. The minimum atomic E-state index is 0.682. The minimum Gasteiger partial charge on any atom is -0.278 e. The Balaban J connectivity index is 1.29. The van der Waals surface area contributed by atoms with Crippen molar-refractivity contribution in [1.82, 2.24) is 14.5 Å². The van der Waals surface area contributed by atoms with Crippen LogP contribution < -0.4 is 0 Å². The quantitative estimate of drug-likeness (QED) is 0.171. The van der Waals surface area contributed by atoms with E-state index in [0.717, 1.165) is 32.5 Å². The summed E-state index contributed by atoms with van der Waals surface area (Å²) < 4.78 is 3.53. The van der Waals surface area contributed by atoms with Crippen LogP contribution in [0.4, 0.5) is 0 Å². The number of hydrogen-bond donors (Lipinski definition) is 0. The fraction of sp³-hybridized carbons (Fsp3) is 0. The van der Waals surface area contributed by atoms with E-state index in [1.807, 2.05) is 0 Å². The van der Waals surface area contributed by atoms with E-state index in [-0.39, 0.29) is 0 Å². The standard InChI is InChI=1S/C48H27N3S/c1-2-13-30-27-31(22-21-28(30)11-1)46-44-38-19-9-10-20-41(38)52-47(44)50-48(49-46)51-39-25-23-29-12-3-4-14-32(29)43(39)45-40(51)26-24-37-35-17-6-5-15-33(35)34-16-7-8-18-36(34)42(37)45/h1-27H. The van der Waals surface area contributed by atoms with Gasteiger partial charge in [0.05, 0.1) is 16.7 Å². The third-order valence-corrected chi connectivity index (χ3v) is 12.0. The zero-order valence-corrected chi connectivity index (χ0v) is 28.7. The molecule has 0 atom stereocenters. The van der Waals surface area contributed by atoms with Gasteiger partial charge in [-0.05, 0) is 72.7 Å². The number of hydrogen-bond acceptors (Lipinski definition) is 3. The fourth-order valence-electron chi connectivity index (χ4n) is 8.74. The van der Waals surface area contributed by atoms with Gasteiger partial charge in [-0.15, -0.1) is 11.3 Å². The topological polar surface area (TPSA) is 30.7 Å². The predicted octanol–water partition coefficient (Wildman–Crippen LogP) is 13.4. The van der Waals surface area contributed by atoms with E-state index in [2.05, 4.69) is 168 Å². The number of aromatic nitrogens is 3. The van der Waals surface area contributed by atoms with Crippen molar-refractivity contribution in [1.29, 1.82) is 0 Å². The number of benzene rings is 9. The Morgan fingerprint density at radius 1 is 0.385 bits per heavy atom. The maximum Gasteiger partial charge on any atom is 0.236 e. The van der Waals surface area contributed by atoms with Gasteiger partial charge in [-0.3, -0.25) is 4.57 Å². The molecule has 0 aliphatic carbocycles. The van der Waals surface area contributed by atoms with Gasteiger partial charge in [0.1, 0.15) is 4.83 Å². The first-order valence-electron chi connectivity index (χ1n) is 17.7. The van der Waals surface area contributed by atoms with Crippen LogP contribution in [0.15, 0.2) is 164 Å². The van der Waals surface area contributed by atoms with Crippen LogP contribution in [0.1, 0.15) is 0 Å². The lowest BCUT2D eigenvalue weighted by Crippen LogP contribution is -2.02. The zero-order chi connectivity index (χ0) is 33.9. The summed E-state index contributed by atoms with van der Waals surface area (Å²) >= 11 is 1.74. The molecule has 0 fully saturated rings. The molecule has 4 heteroatoms. The lowest BCUT2D eigenvalue weighted by molar-refractivity contribution is 1.02. The molecule has 12 rings (SSSR count). The molecular weight excluding hydrogens is 651 g/mol. The van der Waals surface area contributed by atoms with Crippen molar-refractivity contribution in [2.75, 3.05) is 0 Å². The van der Waals surface area contributed by atoms with Crippen LogP contribution in [0.5, 0.6) is 0 Å². The highest BCUT2D eigenvalue weighted by atomic mass is 32.1. The van der Waals surface area contributed by atoms with Crippen LogP contribution >= 0.6 is 11.3 Å². The first-order valence-corrected chi connectivity index (χ1v) is 18.5. The van der Waals surface area contributed by atoms with E-state index >= 15 is 0 Å². The summed E-state index contributed by atoms with van der Waals surface area (Å²) in [4.78, 5) is 12.0. The van der Waals surface area contributed by atoms with Gasteiger partial charge in [-0.2, -0.15) is 0 Å². The van der Waals surface area contributed by atoms with Gasteiger partial charge in [0.25, 0.3) is 0 Å². The molecule has 3 heterocycles. The number of thiophene rings is 1. The summed E-state index contributed by atoms with van der Waals surface area (Å²) in [5, 5.41) is 17.2. The molecule has 0 N–H and O–H groups in total. The SMILES string of the molecule is c1ccc2cc(-c3nc(-n4c5ccc6ccccc6c5c5c6c7ccccc7c7ccccc7c6ccc54)nc4sc5ccccc5c34)ccc2c1. The monoisotopic (exact) mass is 677 g/mol. The van der Waals surface area contributed by atoms with Gasteiger partial charge in [0, 0.05) is 37.2 Å². The summed E-state index contributed by atoms with van der Waals surface area (Å²) in [7, 11) is 0. The summed E-state index contributed by atoms with van der Waals surface area (Å²) in [5.41, 5.74) is 4.24. The normalized spacial score (nSPS) is 12.2. The molecule has 0 unspecified atom stereocenters. The predicted molar refractivity (Wildman–Crippen MR) is 222 cm³/mol. The summed E-state index contributed by atoms with van der Waals surface area (Å²) in [6, 6.07) is 59.4.